The summed E-state index contributed by atoms with van der Waals surface area (Å²) in [6.07, 6.45) is 3.38. The molecular formula is C12H11Cl2NO. The Morgan fingerprint density at radius 3 is 2.31 bits per heavy atom. The minimum Gasteiger partial charge on any atom is -0.472 e. The molecule has 0 amide bonds. The Morgan fingerprint density at radius 2 is 1.69 bits per heavy atom. The lowest BCUT2D eigenvalue weighted by Crippen LogP contribution is -2.12. The summed E-state index contributed by atoms with van der Waals surface area (Å²) < 4.78 is 4.97. The van der Waals surface area contributed by atoms with Crippen molar-refractivity contribution >= 4 is 23.2 Å². The highest BCUT2D eigenvalue weighted by molar-refractivity contribution is 6.34. The van der Waals surface area contributed by atoms with Crippen molar-refractivity contribution in [2.45, 2.75) is 13.1 Å². The molecule has 0 aliphatic carbocycles. The molecule has 0 saturated carbocycles. The molecule has 0 fully saturated rings. The summed E-state index contributed by atoms with van der Waals surface area (Å²) in [6.45, 7) is 1.49. The van der Waals surface area contributed by atoms with E-state index in [1.54, 1.807) is 18.6 Å². The van der Waals surface area contributed by atoms with Crippen LogP contribution in [0.15, 0.2) is 41.2 Å². The lowest BCUT2D eigenvalue weighted by Gasteiger charge is -2.04. The second kappa shape index (κ2) is 5.39. The van der Waals surface area contributed by atoms with Crippen LogP contribution in [0.4, 0.5) is 0 Å². The normalized spacial score (nSPS) is 10.6. The van der Waals surface area contributed by atoms with Crippen molar-refractivity contribution in [2.24, 2.45) is 0 Å². The molecule has 1 heterocycles. The highest BCUT2D eigenvalue weighted by atomic mass is 35.5. The maximum Gasteiger partial charge on any atom is 0.0947 e. The van der Waals surface area contributed by atoms with E-state index < -0.39 is 0 Å². The number of benzene rings is 1. The molecule has 2 rings (SSSR count). The summed E-state index contributed by atoms with van der Waals surface area (Å²) in [4.78, 5) is 0. The number of rotatable bonds is 4. The number of hydrogen-bond acceptors (Lipinski definition) is 2. The van der Waals surface area contributed by atoms with E-state index in [-0.39, 0.29) is 0 Å². The summed E-state index contributed by atoms with van der Waals surface area (Å²) in [5.41, 5.74) is 2.19. The van der Waals surface area contributed by atoms with Crippen LogP contribution in [0.3, 0.4) is 0 Å². The molecule has 0 bridgehead atoms. The fourth-order valence-electron chi connectivity index (χ4n) is 1.46. The summed E-state index contributed by atoms with van der Waals surface area (Å²) in [5.74, 6) is 0. The van der Waals surface area contributed by atoms with Crippen molar-refractivity contribution in [2.75, 3.05) is 0 Å². The van der Waals surface area contributed by atoms with Gasteiger partial charge < -0.3 is 9.73 Å². The zero-order valence-corrected chi connectivity index (χ0v) is 10.1. The first-order valence-electron chi connectivity index (χ1n) is 4.91. The number of halogens is 2. The van der Waals surface area contributed by atoms with Crippen LogP contribution >= 0.6 is 23.2 Å². The Morgan fingerprint density at radius 1 is 1.00 bits per heavy atom. The van der Waals surface area contributed by atoms with Crippen LogP contribution in [-0.4, -0.2) is 0 Å². The van der Waals surface area contributed by atoms with Gasteiger partial charge in [-0.2, -0.15) is 0 Å². The Balaban J connectivity index is 1.89. The molecule has 0 aliphatic rings. The first-order valence-corrected chi connectivity index (χ1v) is 5.66. The molecule has 2 nitrogen and oxygen atoms in total. The number of nitrogens with one attached hydrogen (secondary N) is 1. The van der Waals surface area contributed by atoms with Crippen molar-refractivity contribution in [3.05, 3.63) is 58.0 Å². The van der Waals surface area contributed by atoms with Gasteiger partial charge in [-0.15, -0.1) is 0 Å². The van der Waals surface area contributed by atoms with Gasteiger partial charge in [-0.3, -0.25) is 0 Å². The standard InChI is InChI=1S/C12H11Cl2NO/c13-11-3-10(4-12(14)5-11)7-15-6-9-1-2-16-8-9/h1-5,8,15H,6-7H2. The van der Waals surface area contributed by atoms with E-state index in [0.717, 1.165) is 24.2 Å². The summed E-state index contributed by atoms with van der Waals surface area (Å²) >= 11 is 11.8. The molecule has 0 saturated heterocycles. The molecule has 1 N–H and O–H groups in total. The van der Waals surface area contributed by atoms with Gasteiger partial charge in [-0.1, -0.05) is 23.2 Å². The third-order valence-electron chi connectivity index (χ3n) is 2.16. The van der Waals surface area contributed by atoms with Gasteiger partial charge in [0.2, 0.25) is 0 Å². The largest absolute Gasteiger partial charge is 0.472 e. The molecule has 1 aromatic heterocycles. The Bertz CT molecular complexity index is 434. The van der Waals surface area contributed by atoms with Crippen molar-refractivity contribution in [1.29, 1.82) is 0 Å². The van der Waals surface area contributed by atoms with Crippen LogP contribution in [-0.2, 0) is 13.1 Å². The summed E-state index contributed by atoms with van der Waals surface area (Å²) in [6, 6.07) is 7.45. The van der Waals surface area contributed by atoms with Gasteiger partial charge in [-0.25, -0.2) is 0 Å². The molecule has 0 radical (unpaired) electrons. The zero-order chi connectivity index (χ0) is 11.4. The minimum absolute atomic E-state index is 0.660. The monoisotopic (exact) mass is 255 g/mol. The fraction of sp³-hybridized carbons (Fsp3) is 0.167. The first-order chi connectivity index (χ1) is 7.74. The van der Waals surface area contributed by atoms with Gasteiger partial charge in [0.1, 0.15) is 0 Å². The molecule has 0 unspecified atom stereocenters. The first kappa shape index (κ1) is 11.5. The van der Waals surface area contributed by atoms with E-state index >= 15 is 0 Å². The van der Waals surface area contributed by atoms with E-state index in [1.165, 1.54) is 0 Å². The number of hydrogen-bond donors (Lipinski definition) is 1. The van der Waals surface area contributed by atoms with E-state index in [0.29, 0.717) is 10.0 Å². The molecule has 1 aromatic carbocycles. The SMILES string of the molecule is Clc1cc(Cl)cc(CNCc2ccoc2)c1. The molecule has 0 aliphatic heterocycles. The topological polar surface area (TPSA) is 25.2 Å². The minimum atomic E-state index is 0.660. The van der Waals surface area contributed by atoms with Crippen molar-refractivity contribution in [3.8, 4) is 0 Å². The second-order valence-corrected chi connectivity index (χ2v) is 4.39. The summed E-state index contributed by atoms with van der Waals surface area (Å²) in [7, 11) is 0. The average molecular weight is 256 g/mol. The van der Waals surface area contributed by atoms with Crippen molar-refractivity contribution in [1.82, 2.24) is 5.32 Å². The predicted octanol–water partition coefficient (Wildman–Crippen LogP) is 3.88. The van der Waals surface area contributed by atoms with Crippen LogP contribution < -0.4 is 5.32 Å². The molecule has 2 aromatic rings. The second-order valence-electron chi connectivity index (χ2n) is 3.51. The predicted molar refractivity (Wildman–Crippen MR) is 65.7 cm³/mol. The third-order valence-corrected chi connectivity index (χ3v) is 2.60. The van der Waals surface area contributed by atoms with Crippen molar-refractivity contribution < 1.29 is 4.42 Å². The van der Waals surface area contributed by atoms with Crippen LogP contribution in [0.25, 0.3) is 0 Å². The van der Waals surface area contributed by atoms with Gasteiger partial charge in [0.05, 0.1) is 12.5 Å². The van der Waals surface area contributed by atoms with Crippen LogP contribution in [0.5, 0.6) is 0 Å². The highest BCUT2D eigenvalue weighted by Gasteiger charge is 1.99. The van der Waals surface area contributed by atoms with Crippen LogP contribution in [0, 0.1) is 0 Å². The van der Waals surface area contributed by atoms with E-state index in [4.69, 9.17) is 27.6 Å². The van der Waals surface area contributed by atoms with Gasteiger partial charge >= 0.3 is 0 Å². The Hall–Kier alpha value is -0.960. The Labute approximate surface area is 104 Å². The zero-order valence-electron chi connectivity index (χ0n) is 8.54. The fourth-order valence-corrected chi connectivity index (χ4v) is 2.03. The van der Waals surface area contributed by atoms with E-state index in [1.807, 2.05) is 18.2 Å². The average Bonchev–Trinajstić information content (AvgIpc) is 2.69. The molecular weight excluding hydrogens is 245 g/mol. The smallest absolute Gasteiger partial charge is 0.0947 e. The lowest BCUT2D eigenvalue weighted by molar-refractivity contribution is 0.560. The Kier molecular flexibility index (Phi) is 3.88. The van der Waals surface area contributed by atoms with Gasteiger partial charge in [-0.05, 0) is 29.8 Å². The summed E-state index contributed by atoms with van der Waals surface area (Å²) in [5, 5.41) is 4.60. The molecule has 0 spiro atoms. The van der Waals surface area contributed by atoms with Gasteiger partial charge in [0, 0.05) is 28.7 Å². The van der Waals surface area contributed by atoms with E-state index in [2.05, 4.69) is 5.32 Å². The van der Waals surface area contributed by atoms with Crippen LogP contribution in [0.1, 0.15) is 11.1 Å². The molecule has 84 valence electrons. The molecule has 0 atom stereocenters. The van der Waals surface area contributed by atoms with Crippen LogP contribution in [0.2, 0.25) is 10.0 Å². The highest BCUT2D eigenvalue weighted by Crippen LogP contribution is 2.18. The van der Waals surface area contributed by atoms with Gasteiger partial charge in [0.25, 0.3) is 0 Å². The quantitative estimate of drug-likeness (QED) is 0.898. The molecule has 4 heteroatoms. The third kappa shape index (κ3) is 3.27. The van der Waals surface area contributed by atoms with E-state index in [9.17, 15) is 0 Å². The molecule has 16 heavy (non-hydrogen) atoms. The number of furan rings is 1. The maximum absolute atomic E-state index is 5.90. The van der Waals surface area contributed by atoms with Gasteiger partial charge in [0.15, 0.2) is 0 Å². The lowest BCUT2D eigenvalue weighted by atomic mass is 10.2. The van der Waals surface area contributed by atoms with Crippen molar-refractivity contribution in [3.63, 3.8) is 0 Å². The maximum atomic E-state index is 5.90.